The van der Waals surface area contributed by atoms with Crippen LogP contribution < -0.4 is 14.5 Å². The number of nitrogens with zero attached hydrogens (tertiary/aromatic N) is 4. The minimum atomic E-state index is -0.125. The van der Waals surface area contributed by atoms with Gasteiger partial charge in [0.15, 0.2) is 0 Å². The van der Waals surface area contributed by atoms with E-state index in [1.807, 2.05) is 67.3 Å². The summed E-state index contributed by atoms with van der Waals surface area (Å²) in [5.41, 5.74) is 3.78. The summed E-state index contributed by atoms with van der Waals surface area (Å²) in [6.45, 7) is 5.09. The Labute approximate surface area is 188 Å². The molecule has 0 bridgehead atoms. The van der Waals surface area contributed by atoms with Crippen molar-refractivity contribution in [3.8, 4) is 11.4 Å². The number of piperidine rings is 1. The first-order valence-electron chi connectivity index (χ1n) is 10.9. The number of benzene rings is 2. The fourth-order valence-corrected chi connectivity index (χ4v) is 4.07. The van der Waals surface area contributed by atoms with Crippen LogP contribution in [0.1, 0.15) is 42.2 Å². The number of aryl methyl sites for hydroxylation is 1. The Morgan fingerprint density at radius 1 is 1.06 bits per heavy atom. The minimum absolute atomic E-state index is 0.125. The van der Waals surface area contributed by atoms with Crippen molar-refractivity contribution in [3.63, 3.8) is 0 Å². The summed E-state index contributed by atoms with van der Waals surface area (Å²) in [7, 11) is 1.62. The number of hydrogen-bond donors (Lipinski definition) is 0. The van der Waals surface area contributed by atoms with Crippen LogP contribution in [0.15, 0.2) is 54.7 Å². The van der Waals surface area contributed by atoms with Crippen LogP contribution in [-0.2, 0) is 4.79 Å². The number of carbonyl (C=O) groups is 2. The lowest BCUT2D eigenvalue weighted by molar-refractivity contribution is -0.119. The number of aromatic nitrogens is 2. The maximum atomic E-state index is 13.6. The number of carbonyl (C=O) groups excluding carboxylic acids is 2. The number of hydrogen-bond acceptors (Lipinski definition) is 4. The van der Waals surface area contributed by atoms with E-state index < -0.39 is 0 Å². The average molecular weight is 433 g/mol. The van der Waals surface area contributed by atoms with Crippen LogP contribution in [-0.4, -0.2) is 41.8 Å². The molecular formula is C25H28N4O3. The third kappa shape index (κ3) is 4.10. The number of ether oxygens (including phenoxy) is 1. The van der Waals surface area contributed by atoms with E-state index in [0.29, 0.717) is 18.7 Å². The van der Waals surface area contributed by atoms with Gasteiger partial charge in [-0.25, -0.2) is 4.68 Å². The van der Waals surface area contributed by atoms with Crippen LogP contribution in [0.2, 0.25) is 0 Å². The molecule has 1 aromatic heterocycles. The second kappa shape index (κ2) is 9.26. The third-order valence-corrected chi connectivity index (χ3v) is 5.83. The monoisotopic (exact) mass is 432 g/mol. The number of amides is 2. The zero-order valence-electron chi connectivity index (χ0n) is 18.7. The van der Waals surface area contributed by atoms with Gasteiger partial charge in [-0.3, -0.25) is 9.59 Å². The molecule has 1 aliphatic heterocycles. The van der Waals surface area contributed by atoms with E-state index in [0.717, 1.165) is 47.8 Å². The molecule has 2 aromatic carbocycles. The molecule has 0 atom stereocenters. The van der Waals surface area contributed by atoms with Crippen molar-refractivity contribution in [1.82, 2.24) is 9.78 Å². The Hall–Kier alpha value is -3.61. The summed E-state index contributed by atoms with van der Waals surface area (Å²) < 4.78 is 6.90. The van der Waals surface area contributed by atoms with Crippen LogP contribution in [0.25, 0.3) is 5.69 Å². The summed E-state index contributed by atoms with van der Waals surface area (Å²) in [6.07, 6.45) is 4.26. The summed E-state index contributed by atoms with van der Waals surface area (Å²) in [5.74, 6) is 0.777. The van der Waals surface area contributed by atoms with E-state index in [4.69, 9.17) is 4.74 Å². The largest absolute Gasteiger partial charge is 0.497 e. The second-order valence-electron chi connectivity index (χ2n) is 7.85. The fraction of sp³-hybridized carbons (Fsp3) is 0.320. The molecule has 0 radical (unpaired) electrons. The third-order valence-electron chi connectivity index (χ3n) is 5.83. The molecule has 7 nitrogen and oxygen atoms in total. The Bertz CT molecular complexity index is 1100. The van der Waals surface area contributed by atoms with Gasteiger partial charge in [0.1, 0.15) is 11.4 Å². The molecule has 1 aliphatic rings. The van der Waals surface area contributed by atoms with Gasteiger partial charge in [0.05, 0.1) is 19.0 Å². The molecule has 0 spiro atoms. The molecule has 7 heteroatoms. The lowest BCUT2D eigenvalue weighted by atomic mass is 10.1. The molecule has 0 unspecified atom stereocenters. The standard InChI is InChI=1S/C25H28N4O3/c1-4-27(19-8-10-20(11-9-19)28-16-6-5-7-23(28)30)25(31)24-18(2)17-26-29(24)21-12-14-22(32-3)15-13-21/h8-15,17H,4-7,16H2,1-3H3. The van der Waals surface area contributed by atoms with Crippen molar-refractivity contribution >= 4 is 23.2 Å². The Balaban J connectivity index is 1.62. The smallest absolute Gasteiger partial charge is 0.277 e. The summed E-state index contributed by atoms with van der Waals surface area (Å²) in [4.78, 5) is 29.4. The quantitative estimate of drug-likeness (QED) is 0.580. The van der Waals surface area contributed by atoms with Crippen LogP contribution in [0, 0.1) is 6.92 Å². The molecule has 3 aromatic rings. The molecule has 32 heavy (non-hydrogen) atoms. The number of rotatable bonds is 6. The molecule has 1 fully saturated rings. The maximum Gasteiger partial charge on any atom is 0.277 e. The normalized spacial score (nSPS) is 13.8. The van der Waals surface area contributed by atoms with Crippen LogP contribution in [0.3, 0.4) is 0 Å². The van der Waals surface area contributed by atoms with Crippen molar-refractivity contribution < 1.29 is 14.3 Å². The van der Waals surface area contributed by atoms with Crippen LogP contribution in [0.5, 0.6) is 5.75 Å². The van der Waals surface area contributed by atoms with Crippen molar-refractivity contribution in [3.05, 3.63) is 66.0 Å². The van der Waals surface area contributed by atoms with Gasteiger partial charge in [0.25, 0.3) is 5.91 Å². The Morgan fingerprint density at radius 3 is 2.38 bits per heavy atom. The van der Waals surface area contributed by atoms with Crippen molar-refractivity contribution in [2.24, 2.45) is 0 Å². The van der Waals surface area contributed by atoms with Crippen molar-refractivity contribution in [2.45, 2.75) is 33.1 Å². The zero-order chi connectivity index (χ0) is 22.7. The first kappa shape index (κ1) is 21.6. The molecule has 1 saturated heterocycles. The molecule has 0 saturated carbocycles. The predicted octanol–water partition coefficient (Wildman–Crippen LogP) is 4.37. The van der Waals surface area contributed by atoms with Gasteiger partial charge >= 0.3 is 0 Å². The molecule has 2 heterocycles. The summed E-state index contributed by atoms with van der Waals surface area (Å²) >= 11 is 0. The second-order valence-corrected chi connectivity index (χ2v) is 7.85. The van der Waals surface area contributed by atoms with Gasteiger partial charge in [-0.2, -0.15) is 5.10 Å². The van der Waals surface area contributed by atoms with Gasteiger partial charge in [0.2, 0.25) is 5.91 Å². The molecule has 0 aliphatic carbocycles. The van der Waals surface area contributed by atoms with E-state index in [1.54, 1.807) is 22.9 Å². The number of anilines is 2. The van der Waals surface area contributed by atoms with Gasteiger partial charge in [-0.05, 0) is 75.2 Å². The Kier molecular flexibility index (Phi) is 6.25. The van der Waals surface area contributed by atoms with Gasteiger partial charge in [-0.15, -0.1) is 0 Å². The van der Waals surface area contributed by atoms with E-state index in [9.17, 15) is 9.59 Å². The molecule has 0 N–H and O–H groups in total. The highest BCUT2D eigenvalue weighted by Gasteiger charge is 2.24. The first-order valence-corrected chi connectivity index (χ1v) is 10.9. The van der Waals surface area contributed by atoms with Gasteiger partial charge < -0.3 is 14.5 Å². The Morgan fingerprint density at radius 2 is 1.75 bits per heavy atom. The van der Waals surface area contributed by atoms with Gasteiger partial charge in [-0.1, -0.05) is 0 Å². The minimum Gasteiger partial charge on any atom is -0.497 e. The highest BCUT2D eigenvalue weighted by atomic mass is 16.5. The molecule has 166 valence electrons. The maximum absolute atomic E-state index is 13.6. The van der Waals surface area contributed by atoms with Crippen LogP contribution in [0.4, 0.5) is 11.4 Å². The van der Waals surface area contributed by atoms with E-state index >= 15 is 0 Å². The summed E-state index contributed by atoms with van der Waals surface area (Å²) in [6, 6.07) is 15.1. The van der Waals surface area contributed by atoms with Gasteiger partial charge in [0, 0.05) is 36.4 Å². The molecular weight excluding hydrogens is 404 g/mol. The highest BCUT2D eigenvalue weighted by Crippen LogP contribution is 2.26. The SMILES string of the molecule is CCN(C(=O)c1c(C)cnn1-c1ccc(OC)cc1)c1ccc(N2CCCCC2=O)cc1. The fourth-order valence-electron chi connectivity index (χ4n) is 4.07. The van der Waals surface area contributed by atoms with E-state index in [2.05, 4.69) is 5.10 Å². The predicted molar refractivity (Wildman–Crippen MR) is 125 cm³/mol. The van der Waals surface area contributed by atoms with E-state index in [1.165, 1.54) is 0 Å². The highest BCUT2D eigenvalue weighted by molar-refractivity contribution is 6.06. The first-order chi connectivity index (χ1) is 15.5. The average Bonchev–Trinajstić information content (AvgIpc) is 3.21. The number of methoxy groups -OCH3 is 1. The summed E-state index contributed by atoms with van der Waals surface area (Å²) in [5, 5.41) is 4.44. The van der Waals surface area contributed by atoms with Crippen molar-refractivity contribution in [1.29, 1.82) is 0 Å². The topological polar surface area (TPSA) is 67.7 Å². The lowest BCUT2D eigenvalue weighted by Crippen LogP contribution is -2.35. The van der Waals surface area contributed by atoms with Crippen LogP contribution >= 0.6 is 0 Å². The zero-order valence-corrected chi connectivity index (χ0v) is 18.7. The van der Waals surface area contributed by atoms with Crippen molar-refractivity contribution in [2.75, 3.05) is 30.0 Å². The molecule has 2 amide bonds. The van der Waals surface area contributed by atoms with E-state index in [-0.39, 0.29) is 11.8 Å². The lowest BCUT2D eigenvalue weighted by Gasteiger charge is -2.28. The molecule has 4 rings (SSSR count).